The van der Waals surface area contributed by atoms with Gasteiger partial charge >= 0.3 is 0 Å². The van der Waals surface area contributed by atoms with Gasteiger partial charge in [0.2, 0.25) is 0 Å². The van der Waals surface area contributed by atoms with Crippen LogP contribution in [0, 0.1) is 11.3 Å². The lowest BCUT2D eigenvalue weighted by Crippen LogP contribution is -2.31. The van der Waals surface area contributed by atoms with Gasteiger partial charge in [-0.3, -0.25) is 4.90 Å². The van der Waals surface area contributed by atoms with Crippen LogP contribution in [0.5, 0.6) is 5.75 Å². The summed E-state index contributed by atoms with van der Waals surface area (Å²) in [6, 6.07) is 14.2. The molecule has 1 saturated heterocycles. The van der Waals surface area contributed by atoms with E-state index >= 15 is 0 Å². The molecule has 1 atom stereocenters. The van der Waals surface area contributed by atoms with Crippen molar-refractivity contribution in [3.63, 3.8) is 0 Å². The van der Waals surface area contributed by atoms with Gasteiger partial charge in [0.1, 0.15) is 17.6 Å². The molecule has 0 saturated carbocycles. The van der Waals surface area contributed by atoms with Crippen LogP contribution in [0.4, 0.5) is 5.82 Å². The van der Waals surface area contributed by atoms with E-state index in [0.29, 0.717) is 17.9 Å². The lowest BCUT2D eigenvalue weighted by molar-refractivity contribution is 0.255. The molecule has 24 heavy (non-hydrogen) atoms. The van der Waals surface area contributed by atoms with Crippen molar-refractivity contribution in [2.75, 3.05) is 32.1 Å². The van der Waals surface area contributed by atoms with Crippen LogP contribution in [0.2, 0.25) is 0 Å². The molecule has 1 N–H and O–H groups in total. The van der Waals surface area contributed by atoms with Crippen LogP contribution in [-0.4, -0.2) is 36.6 Å². The molecule has 1 aromatic carbocycles. The standard InChI is InChI=1S/C19H22N4O/c1-24-17-8-4-6-15(12-17)18(23-10-2-3-11-23)14-22-19-16(13-20)7-5-9-21-19/h4-9,12,18H,2-3,10-11,14H2,1H3,(H,21,22). The van der Waals surface area contributed by atoms with E-state index in [1.165, 1.54) is 18.4 Å². The van der Waals surface area contributed by atoms with Crippen LogP contribution in [0.3, 0.4) is 0 Å². The molecule has 0 radical (unpaired) electrons. The molecule has 1 aliphatic heterocycles. The number of benzene rings is 1. The van der Waals surface area contributed by atoms with Crippen LogP contribution in [-0.2, 0) is 0 Å². The molecular formula is C19H22N4O. The summed E-state index contributed by atoms with van der Waals surface area (Å²) in [5.41, 5.74) is 1.79. The largest absolute Gasteiger partial charge is 0.497 e. The first-order valence-electron chi connectivity index (χ1n) is 8.29. The Morgan fingerprint density at radius 1 is 1.29 bits per heavy atom. The molecule has 1 fully saturated rings. The Hall–Kier alpha value is -2.58. The van der Waals surface area contributed by atoms with E-state index < -0.39 is 0 Å². The van der Waals surface area contributed by atoms with Crippen molar-refractivity contribution >= 4 is 5.82 Å². The molecule has 0 spiro atoms. The third-order valence-corrected chi connectivity index (χ3v) is 4.45. The summed E-state index contributed by atoms with van der Waals surface area (Å²) < 4.78 is 5.37. The second-order valence-electron chi connectivity index (χ2n) is 5.93. The Kier molecular flexibility index (Phi) is 5.29. The van der Waals surface area contributed by atoms with Gasteiger partial charge in [0, 0.05) is 12.7 Å². The molecule has 2 aromatic rings. The summed E-state index contributed by atoms with van der Waals surface area (Å²) in [4.78, 5) is 6.78. The van der Waals surface area contributed by atoms with Gasteiger partial charge in [-0.1, -0.05) is 12.1 Å². The van der Waals surface area contributed by atoms with E-state index in [4.69, 9.17) is 4.74 Å². The number of nitriles is 1. The van der Waals surface area contributed by atoms with Crippen molar-refractivity contribution in [2.24, 2.45) is 0 Å². The summed E-state index contributed by atoms with van der Waals surface area (Å²) in [5, 5.41) is 12.6. The molecule has 3 rings (SSSR count). The zero-order chi connectivity index (χ0) is 16.8. The van der Waals surface area contributed by atoms with Gasteiger partial charge in [-0.05, 0) is 55.8 Å². The first-order valence-corrected chi connectivity index (χ1v) is 8.29. The Morgan fingerprint density at radius 3 is 2.88 bits per heavy atom. The fraction of sp³-hybridized carbons (Fsp3) is 0.368. The number of rotatable bonds is 6. The predicted molar refractivity (Wildman–Crippen MR) is 94.0 cm³/mol. The van der Waals surface area contributed by atoms with Crippen molar-refractivity contribution in [1.29, 1.82) is 5.26 Å². The maximum atomic E-state index is 9.22. The minimum absolute atomic E-state index is 0.233. The van der Waals surface area contributed by atoms with Crippen LogP contribution >= 0.6 is 0 Å². The fourth-order valence-corrected chi connectivity index (χ4v) is 3.19. The first-order chi connectivity index (χ1) is 11.8. The first kappa shape index (κ1) is 16.3. The summed E-state index contributed by atoms with van der Waals surface area (Å²) in [5.74, 6) is 1.51. The molecule has 5 nitrogen and oxygen atoms in total. The highest BCUT2D eigenvalue weighted by molar-refractivity contribution is 5.51. The van der Waals surface area contributed by atoms with Crippen LogP contribution in [0.25, 0.3) is 0 Å². The van der Waals surface area contributed by atoms with Crippen LogP contribution < -0.4 is 10.1 Å². The molecule has 2 heterocycles. The average Bonchev–Trinajstić information content (AvgIpc) is 3.17. The molecule has 0 bridgehead atoms. The zero-order valence-corrected chi connectivity index (χ0v) is 13.9. The number of nitrogens with one attached hydrogen (secondary N) is 1. The summed E-state index contributed by atoms with van der Waals surface area (Å²) >= 11 is 0. The summed E-state index contributed by atoms with van der Waals surface area (Å²) in [7, 11) is 1.69. The summed E-state index contributed by atoms with van der Waals surface area (Å²) in [6.45, 7) is 2.90. The third-order valence-electron chi connectivity index (χ3n) is 4.45. The van der Waals surface area contributed by atoms with E-state index in [1.54, 1.807) is 25.4 Å². The quantitative estimate of drug-likeness (QED) is 0.885. The number of likely N-dealkylation sites (tertiary alicyclic amines) is 1. The number of pyridine rings is 1. The number of ether oxygens (including phenoxy) is 1. The van der Waals surface area contributed by atoms with Crippen molar-refractivity contribution in [3.8, 4) is 11.8 Å². The number of aromatic nitrogens is 1. The maximum Gasteiger partial charge on any atom is 0.143 e. The van der Waals surface area contributed by atoms with Gasteiger partial charge in [0.25, 0.3) is 0 Å². The number of nitrogens with zero attached hydrogens (tertiary/aromatic N) is 3. The van der Waals surface area contributed by atoms with Gasteiger partial charge in [-0.25, -0.2) is 4.98 Å². The van der Waals surface area contributed by atoms with Crippen molar-refractivity contribution in [2.45, 2.75) is 18.9 Å². The maximum absolute atomic E-state index is 9.22. The topological polar surface area (TPSA) is 61.2 Å². The number of hydrogen-bond acceptors (Lipinski definition) is 5. The van der Waals surface area contributed by atoms with E-state index in [1.807, 2.05) is 12.1 Å². The SMILES string of the molecule is COc1cccc(C(CNc2ncccc2C#N)N2CCCC2)c1. The van der Waals surface area contributed by atoms with Gasteiger partial charge in [-0.2, -0.15) is 5.26 Å². The predicted octanol–water partition coefficient (Wildman–Crippen LogP) is 3.21. The molecule has 0 amide bonds. The number of hydrogen-bond donors (Lipinski definition) is 1. The zero-order valence-electron chi connectivity index (χ0n) is 13.9. The second-order valence-corrected chi connectivity index (χ2v) is 5.93. The summed E-state index contributed by atoms with van der Waals surface area (Å²) in [6.07, 6.45) is 4.17. The Morgan fingerprint density at radius 2 is 2.12 bits per heavy atom. The minimum atomic E-state index is 0.233. The molecular weight excluding hydrogens is 300 g/mol. The Balaban J connectivity index is 1.81. The van der Waals surface area contributed by atoms with Gasteiger partial charge in [-0.15, -0.1) is 0 Å². The number of methoxy groups -OCH3 is 1. The number of anilines is 1. The highest BCUT2D eigenvalue weighted by atomic mass is 16.5. The lowest BCUT2D eigenvalue weighted by atomic mass is 10.0. The van der Waals surface area contributed by atoms with E-state index in [9.17, 15) is 5.26 Å². The molecule has 1 unspecified atom stereocenters. The normalized spacial score (nSPS) is 15.7. The molecule has 124 valence electrons. The fourth-order valence-electron chi connectivity index (χ4n) is 3.19. The van der Waals surface area contributed by atoms with Crippen molar-refractivity contribution in [3.05, 3.63) is 53.7 Å². The molecule has 1 aliphatic rings. The van der Waals surface area contributed by atoms with Gasteiger partial charge < -0.3 is 10.1 Å². The Bertz CT molecular complexity index is 719. The lowest BCUT2D eigenvalue weighted by Gasteiger charge is -2.28. The van der Waals surface area contributed by atoms with E-state index in [0.717, 1.165) is 18.8 Å². The molecule has 5 heteroatoms. The van der Waals surface area contributed by atoms with E-state index in [2.05, 4.69) is 33.4 Å². The second kappa shape index (κ2) is 7.80. The average molecular weight is 322 g/mol. The third kappa shape index (κ3) is 3.66. The van der Waals surface area contributed by atoms with Crippen molar-refractivity contribution in [1.82, 2.24) is 9.88 Å². The highest BCUT2D eigenvalue weighted by Gasteiger charge is 2.24. The van der Waals surface area contributed by atoms with Crippen molar-refractivity contribution < 1.29 is 4.74 Å². The molecule has 0 aliphatic carbocycles. The van der Waals surface area contributed by atoms with E-state index in [-0.39, 0.29) is 6.04 Å². The van der Waals surface area contributed by atoms with Gasteiger partial charge in [0.05, 0.1) is 18.7 Å². The Labute approximate surface area is 142 Å². The highest BCUT2D eigenvalue weighted by Crippen LogP contribution is 2.28. The van der Waals surface area contributed by atoms with Crippen LogP contribution in [0.15, 0.2) is 42.6 Å². The van der Waals surface area contributed by atoms with Gasteiger partial charge in [0.15, 0.2) is 0 Å². The smallest absolute Gasteiger partial charge is 0.143 e. The monoisotopic (exact) mass is 322 g/mol. The van der Waals surface area contributed by atoms with Crippen LogP contribution in [0.1, 0.15) is 30.0 Å². The minimum Gasteiger partial charge on any atom is -0.497 e. The molecule has 1 aromatic heterocycles.